The van der Waals surface area contributed by atoms with Gasteiger partial charge in [0, 0.05) is 32.1 Å². The van der Waals surface area contributed by atoms with E-state index in [4.69, 9.17) is 4.74 Å². The minimum absolute atomic E-state index is 0.182. The molecule has 0 saturated carbocycles. The van der Waals surface area contributed by atoms with Crippen LogP contribution in [0.5, 0.6) is 5.75 Å². The van der Waals surface area contributed by atoms with Gasteiger partial charge in [0.1, 0.15) is 5.75 Å². The Morgan fingerprint density at radius 1 is 1.12 bits per heavy atom. The van der Waals surface area contributed by atoms with E-state index >= 15 is 0 Å². The van der Waals surface area contributed by atoms with Crippen LogP contribution >= 0.6 is 0 Å². The maximum atomic E-state index is 11.8. The van der Waals surface area contributed by atoms with Crippen molar-refractivity contribution in [3.63, 3.8) is 0 Å². The molecular formula is C20H30N2O3. The van der Waals surface area contributed by atoms with Crippen molar-refractivity contribution >= 4 is 5.91 Å². The van der Waals surface area contributed by atoms with Crippen molar-refractivity contribution in [3.05, 3.63) is 29.8 Å². The van der Waals surface area contributed by atoms with E-state index in [-0.39, 0.29) is 5.91 Å². The van der Waals surface area contributed by atoms with E-state index in [0.29, 0.717) is 25.6 Å². The summed E-state index contributed by atoms with van der Waals surface area (Å²) in [7, 11) is 1.68. The molecule has 0 radical (unpaired) electrons. The molecule has 2 unspecified atom stereocenters. The number of β-amino-alcohol motifs (C(OH)–C–C–N with tert-alkyl or cyclic N) is 1. The number of hydrogen-bond acceptors (Lipinski definition) is 4. The van der Waals surface area contributed by atoms with Crippen LogP contribution in [0.1, 0.15) is 50.1 Å². The summed E-state index contributed by atoms with van der Waals surface area (Å²) in [4.78, 5) is 16.0. The lowest BCUT2D eigenvalue weighted by Crippen LogP contribution is -2.42. The van der Waals surface area contributed by atoms with Gasteiger partial charge < -0.3 is 14.7 Å². The molecule has 3 rings (SSSR count). The summed E-state index contributed by atoms with van der Waals surface area (Å²) < 4.78 is 5.27. The zero-order valence-corrected chi connectivity index (χ0v) is 15.2. The van der Waals surface area contributed by atoms with Gasteiger partial charge in [0.25, 0.3) is 0 Å². The summed E-state index contributed by atoms with van der Waals surface area (Å²) >= 11 is 0. The third kappa shape index (κ3) is 4.73. The molecular weight excluding hydrogens is 316 g/mol. The Bertz CT molecular complexity index is 561. The van der Waals surface area contributed by atoms with Crippen LogP contribution in [0.25, 0.3) is 0 Å². The van der Waals surface area contributed by atoms with E-state index in [1.165, 1.54) is 24.8 Å². The number of carbonyl (C=O) groups excluding carboxylic acids is 1. The largest absolute Gasteiger partial charge is 0.497 e. The molecule has 5 heteroatoms. The first-order valence-electron chi connectivity index (χ1n) is 9.51. The summed E-state index contributed by atoms with van der Waals surface area (Å²) in [6.07, 6.45) is 5.80. The van der Waals surface area contributed by atoms with Gasteiger partial charge >= 0.3 is 0 Å². The molecule has 2 heterocycles. The number of rotatable bonds is 6. The number of hydrogen-bond donors (Lipinski definition) is 1. The summed E-state index contributed by atoms with van der Waals surface area (Å²) in [5.74, 6) is 1.05. The van der Waals surface area contributed by atoms with Crippen molar-refractivity contribution in [2.45, 2.75) is 50.7 Å². The van der Waals surface area contributed by atoms with Gasteiger partial charge in [-0.1, -0.05) is 25.0 Å². The van der Waals surface area contributed by atoms with Crippen molar-refractivity contribution in [1.29, 1.82) is 0 Å². The number of likely N-dealkylation sites (tertiary alicyclic amines) is 2. The fourth-order valence-corrected chi connectivity index (χ4v) is 4.07. The Labute approximate surface area is 150 Å². The van der Waals surface area contributed by atoms with Crippen molar-refractivity contribution in [3.8, 4) is 5.75 Å². The maximum Gasteiger partial charge on any atom is 0.222 e. The van der Waals surface area contributed by atoms with Gasteiger partial charge in [-0.05, 0) is 43.5 Å². The number of nitrogens with zero attached hydrogens (tertiary/aromatic N) is 2. The van der Waals surface area contributed by atoms with E-state index < -0.39 is 6.10 Å². The minimum atomic E-state index is -0.485. The Morgan fingerprint density at radius 3 is 2.60 bits per heavy atom. The minimum Gasteiger partial charge on any atom is -0.497 e. The van der Waals surface area contributed by atoms with E-state index in [0.717, 1.165) is 31.7 Å². The molecule has 2 fully saturated rings. The molecule has 1 aromatic carbocycles. The van der Waals surface area contributed by atoms with Crippen molar-refractivity contribution < 1.29 is 14.6 Å². The van der Waals surface area contributed by atoms with Gasteiger partial charge in [-0.2, -0.15) is 0 Å². The van der Waals surface area contributed by atoms with Crippen LogP contribution in [0.3, 0.4) is 0 Å². The molecule has 25 heavy (non-hydrogen) atoms. The van der Waals surface area contributed by atoms with Crippen molar-refractivity contribution in [2.75, 3.05) is 33.3 Å². The molecule has 2 atom stereocenters. The lowest BCUT2D eigenvalue weighted by Gasteiger charge is -2.33. The van der Waals surface area contributed by atoms with Crippen LogP contribution < -0.4 is 4.74 Å². The highest BCUT2D eigenvalue weighted by Crippen LogP contribution is 2.31. The highest BCUT2D eigenvalue weighted by molar-refractivity contribution is 5.78. The van der Waals surface area contributed by atoms with Gasteiger partial charge in [-0.15, -0.1) is 0 Å². The summed E-state index contributed by atoms with van der Waals surface area (Å²) in [6.45, 7) is 2.88. The molecule has 0 spiro atoms. The first kappa shape index (κ1) is 18.2. The first-order chi connectivity index (χ1) is 12.2. The van der Waals surface area contributed by atoms with E-state index in [9.17, 15) is 9.90 Å². The number of aliphatic hydroxyl groups is 1. The summed E-state index contributed by atoms with van der Waals surface area (Å²) in [5.41, 5.74) is 1.28. The second-order valence-electron chi connectivity index (χ2n) is 7.23. The third-order valence-electron chi connectivity index (χ3n) is 5.41. The van der Waals surface area contributed by atoms with Crippen LogP contribution in [0, 0.1) is 0 Å². The van der Waals surface area contributed by atoms with E-state index in [1.54, 1.807) is 7.11 Å². The molecule has 1 amide bonds. The van der Waals surface area contributed by atoms with Gasteiger partial charge in [-0.25, -0.2) is 0 Å². The van der Waals surface area contributed by atoms with Crippen LogP contribution in [0.4, 0.5) is 0 Å². The van der Waals surface area contributed by atoms with Gasteiger partial charge in [0.15, 0.2) is 0 Å². The third-order valence-corrected chi connectivity index (χ3v) is 5.41. The van der Waals surface area contributed by atoms with Crippen LogP contribution in [-0.4, -0.2) is 60.2 Å². The first-order valence-corrected chi connectivity index (χ1v) is 9.51. The smallest absolute Gasteiger partial charge is 0.222 e. The Hall–Kier alpha value is -1.59. The second-order valence-corrected chi connectivity index (χ2v) is 7.23. The average Bonchev–Trinajstić information content (AvgIpc) is 2.88. The number of ether oxygens (including phenoxy) is 1. The molecule has 1 N–H and O–H groups in total. The Kier molecular flexibility index (Phi) is 6.32. The number of carbonyl (C=O) groups is 1. The molecule has 2 saturated heterocycles. The molecule has 0 bridgehead atoms. The molecule has 138 valence electrons. The van der Waals surface area contributed by atoms with E-state index in [2.05, 4.69) is 17.0 Å². The zero-order chi connectivity index (χ0) is 17.6. The lowest BCUT2D eigenvalue weighted by molar-refractivity contribution is -0.129. The van der Waals surface area contributed by atoms with Crippen LogP contribution in [-0.2, 0) is 4.79 Å². The number of methoxy groups -OCH3 is 1. The maximum absolute atomic E-state index is 11.8. The Morgan fingerprint density at radius 2 is 1.92 bits per heavy atom. The van der Waals surface area contributed by atoms with Gasteiger partial charge in [-0.3, -0.25) is 9.69 Å². The fraction of sp³-hybridized carbons (Fsp3) is 0.650. The zero-order valence-electron chi connectivity index (χ0n) is 15.2. The second kappa shape index (κ2) is 8.68. The molecule has 5 nitrogen and oxygen atoms in total. The molecule has 0 aromatic heterocycles. The summed E-state index contributed by atoms with van der Waals surface area (Å²) in [5, 5.41) is 10.6. The summed E-state index contributed by atoms with van der Waals surface area (Å²) in [6, 6.07) is 8.63. The van der Waals surface area contributed by atoms with Gasteiger partial charge in [0.05, 0.1) is 13.2 Å². The molecule has 2 aliphatic rings. The highest BCUT2D eigenvalue weighted by Gasteiger charge is 2.27. The lowest BCUT2D eigenvalue weighted by atomic mass is 10.0. The van der Waals surface area contributed by atoms with Crippen molar-refractivity contribution in [1.82, 2.24) is 9.80 Å². The molecule has 1 aromatic rings. The molecule has 2 aliphatic heterocycles. The average molecular weight is 346 g/mol. The van der Waals surface area contributed by atoms with Crippen LogP contribution in [0.15, 0.2) is 24.3 Å². The molecule has 0 aliphatic carbocycles. The SMILES string of the molecule is COc1ccc(C2CCCCCN2CC(O)CN2CCCC2=O)cc1. The van der Waals surface area contributed by atoms with Crippen LogP contribution in [0.2, 0.25) is 0 Å². The Balaban J connectivity index is 1.65. The topological polar surface area (TPSA) is 53.0 Å². The highest BCUT2D eigenvalue weighted by atomic mass is 16.5. The van der Waals surface area contributed by atoms with Gasteiger partial charge in [0.2, 0.25) is 5.91 Å². The predicted octanol–water partition coefficient (Wildman–Crippen LogP) is 2.60. The predicted molar refractivity (Wildman–Crippen MR) is 97.6 cm³/mol. The monoisotopic (exact) mass is 346 g/mol. The number of aliphatic hydroxyl groups excluding tert-OH is 1. The normalized spacial score (nSPS) is 23.5. The van der Waals surface area contributed by atoms with E-state index in [1.807, 2.05) is 17.0 Å². The fourth-order valence-electron chi connectivity index (χ4n) is 4.07. The number of amides is 1. The number of benzene rings is 1. The standard InChI is InChI=1S/C20H30N2O3/c1-25-18-10-8-16(9-11-18)19-6-3-2-4-12-21(19)14-17(23)15-22-13-5-7-20(22)24/h8-11,17,19,23H,2-7,12-15H2,1H3. The van der Waals surface area contributed by atoms with Crippen molar-refractivity contribution in [2.24, 2.45) is 0 Å². The quantitative estimate of drug-likeness (QED) is 0.860.